The molecule has 60 valence electrons. The highest BCUT2D eigenvalue weighted by Crippen LogP contribution is 2.31. The first kappa shape index (κ1) is 6.91. The summed E-state index contributed by atoms with van der Waals surface area (Å²) >= 11 is 0. The quantitative estimate of drug-likeness (QED) is 0.632. The zero-order valence-corrected chi connectivity index (χ0v) is 6.27. The highest BCUT2D eigenvalue weighted by molar-refractivity contribution is 5.77. The Balaban J connectivity index is 2.53. The largest absolute Gasteiger partial charge is 0.508 e. The van der Waals surface area contributed by atoms with E-state index in [0.29, 0.717) is 5.75 Å². The lowest BCUT2D eigenvalue weighted by atomic mass is 10.3. The van der Waals surface area contributed by atoms with Gasteiger partial charge in [0.05, 0.1) is 6.26 Å². The van der Waals surface area contributed by atoms with Gasteiger partial charge < -0.3 is 9.84 Å². The number of rotatable bonds is 0. The van der Waals surface area contributed by atoms with E-state index >= 15 is 0 Å². The molecule has 1 aromatic rings. The van der Waals surface area contributed by atoms with Crippen LogP contribution in [0.25, 0.3) is 0 Å². The number of phenols is 1. The van der Waals surface area contributed by atoms with Gasteiger partial charge in [0, 0.05) is 12.3 Å². The third-order valence-corrected chi connectivity index (χ3v) is 1.52. The number of phenolic OH excluding ortho intramolecular Hbond substituents is 1. The van der Waals surface area contributed by atoms with Gasteiger partial charge in [-0.2, -0.15) is 0 Å². The minimum atomic E-state index is 0.180. The third-order valence-electron chi connectivity index (χ3n) is 1.52. The van der Waals surface area contributed by atoms with Crippen molar-refractivity contribution in [2.24, 2.45) is 4.99 Å². The molecule has 0 aliphatic carbocycles. The van der Waals surface area contributed by atoms with Gasteiger partial charge in [-0.15, -0.1) is 0 Å². The minimum absolute atomic E-state index is 0.180. The van der Waals surface area contributed by atoms with E-state index in [-0.39, 0.29) is 5.75 Å². The van der Waals surface area contributed by atoms with Crippen LogP contribution in [-0.2, 0) is 0 Å². The van der Waals surface area contributed by atoms with Gasteiger partial charge in [-0.25, -0.2) is 0 Å². The number of allylic oxidation sites excluding steroid dienone is 1. The number of aliphatic imine (C=N–C) groups is 1. The molecule has 0 spiro atoms. The van der Waals surface area contributed by atoms with Crippen LogP contribution in [0.2, 0.25) is 0 Å². The van der Waals surface area contributed by atoms with Gasteiger partial charge >= 0.3 is 0 Å². The summed E-state index contributed by atoms with van der Waals surface area (Å²) in [6.45, 7) is 0. The topological polar surface area (TPSA) is 41.8 Å². The first-order chi connectivity index (χ1) is 5.86. The molecule has 1 aliphatic rings. The predicted molar refractivity (Wildman–Crippen MR) is 46.0 cm³/mol. The third kappa shape index (κ3) is 1.16. The number of ether oxygens (including phenoxy) is 1. The van der Waals surface area contributed by atoms with Gasteiger partial charge in [0.15, 0.2) is 5.75 Å². The van der Waals surface area contributed by atoms with Crippen LogP contribution in [0.4, 0.5) is 5.69 Å². The summed E-state index contributed by atoms with van der Waals surface area (Å²) in [7, 11) is 0. The van der Waals surface area contributed by atoms with Crippen molar-refractivity contribution >= 4 is 11.9 Å². The first-order valence-corrected chi connectivity index (χ1v) is 3.55. The Hall–Kier alpha value is -1.77. The van der Waals surface area contributed by atoms with Crippen LogP contribution in [0.3, 0.4) is 0 Å². The Morgan fingerprint density at radius 3 is 3.17 bits per heavy atom. The second-order valence-electron chi connectivity index (χ2n) is 2.38. The van der Waals surface area contributed by atoms with Gasteiger partial charge in [-0.1, -0.05) is 0 Å². The van der Waals surface area contributed by atoms with Crippen molar-refractivity contribution in [3.63, 3.8) is 0 Å². The van der Waals surface area contributed by atoms with E-state index in [9.17, 15) is 0 Å². The Morgan fingerprint density at radius 1 is 1.33 bits per heavy atom. The standard InChI is InChI=1S/C9H7NO2/c11-7-2-3-8-9(6-7)12-5-1-4-10-8/h1-6,11H. The Bertz CT molecular complexity index is 356. The molecule has 2 rings (SSSR count). The lowest BCUT2D eigenvalue weighted by Gasteiger charge is -2.02. The normalized spacial score (nSPS) is 13.3. The molecule has 0 aromatic heterocycles. The number of hydrogen-bond donors (Lipinski definition) is 1. The van der Waals surface area contributed by atoms with Crippen molar-refractivity contribution in [1.82, 2.24) is 0 Å². The van der Waals surface area contributed by atoms with Gasteiger partial charge in [0.25, 0.3) is 0 Å². The summed E-state index contributed by atoms with van der Waals surface area (Å²) in [5.74, 6) is 0.749. The van der Waals surface area contributed by atoms with Crippen molar-refractivity contribution < 1.29 is 9.84 Å². The van der Waals surface area contributed by atoms with Crippen LogP contribution >= 0.6 is 0 Å². The molecular weight excluding hydrogens is 154 g/mol. The Labute approximate surface area is 69.6 Å². The summed E-state index contributed by atoms with van der Waals surface area (Å²) in [4.78, 5) is 4.08. The van der Waals surface area contributed by atoms with E-state index in [1.165, 1.54) is 12.3 Å². The summed E-state index contributed by atoms with van der Waals surface area (Å²) in [5.41, 5.74) is 0.720. The van der Waals surface area contributed by atoms with E-state index in [1.54, 1.807) is 24.4 Å². The second kappa shape index (κ2) is 2.70. The number of hydrogen-bond acceptors (Lipinski definition) is 3. The van der Waals surface area contributed by atoms with Crippen molar-refractivity contribution in [3.8, 4) is 11.5 Å². The molecule has 3 nitrogen and oxygen atoms in total. The fraction of sp³-hybridized carbons (Fsp3) is 0. The fourth-order valence-electron chi connectivity index (χ4n) is 0.975. The van der Waals surface area contributed by atoms with E-state index in [2.05, 4.69) is 4.99 Å². The SMILES string of the molecule is Oc1ccc2c(c1)OC=CC=N2. The van der Waals surface area contributed by atoms with Gasteiger partial charge in [0.1, 0.15) is 11.4 Å². The predicted octanol–water partition coefficient (Wildman–Crippen LogP) is 2.00. The van der Waals surface area contributed by atoms with E-state index < -0.39 is 0 Å². The van der Waals surface area contributed by atoms with Crippen molar-refractivity contribution in [2.75, 3.05) is 0 Å². The van der Waals surface area contributed by atoms with Crippen LogP contribution < -0.4 is 4.74 Å². The molecule has 1 aromatic carbocycles. The van der Waals surface area contributed by atoms with Crippen LogP contribution in [0.15, 0.2) is 35.5 Å². The van der Waals surface area contributed by atoms with Crippen LogP contribution in [0.1, 0.15) is 0 Å². The molecule has 1 heterocycles. The van der Waals surface area contributed by atoms with Crippen molar-refractivity contribution in [2.45, 2.75) is 0 Å². The summed E-state index contributed by atoms with van der Waals surface area (Å²) in [6.07, 6.45) is 4.86. The average Bonchev–Trinajstić information content (AvgIpc) is 2.28. The molecule has 0 bridgehead atoms. The van der Waals surface area contributed by atoms with E-state index in [1.807, 2.05) is 0 Å². The summed E-state index contributed by atoms with van der Waals surface area (Å²) < 4.78 is 5.16. The smallest absolute Gasteiger partial charge is 0.155 e. The van der Waals surface area contributed by atoms with E-state index in [0.717, 1.165) is 5.69 Å². The van der Waals surface area contributed by atoms with Gasteiger partial charge in [-0.3, -0.25) is 4.99 Å². The summed E-state index contributed by atoms with van der Waals surface area (Å²) in [6, 6.07) is 4.81. The highest BCUT2D eigenvalue weighted by Gasteiger charge is 2.03. The zero-order valence-electron chi connectivity index (χ0n) is 6.27. The maximum atomic E-state index is 9.12. The Kier molecular flexibility index (Phi) is 1.55. The summed E-state index contributed by atoms with van der Waals surface area (Å²) in [5, 5.41) is 9.12. The number of benzene rings is 1. The second-order valence-corrected chi connectivity index (χ2v) is 2.38. The molecule has 1 aliphatic heterocycles. The fourth-order valence-corrected chi connectivity index (χ4v) is 0.975. The molecule has 1 N–H and O–H groups in total. The van der Waals surface area contributed by atoms with Crippen LogP contribution in [-0.4, -0.2) is 11.3 Å². The average molecular weight is 161 g/mol. The maximum absolute atomic E-state index is 9.12. The monoisotopic (exact) mass is 161 g/mol. The number of fused-ring (bicyclic) bond motifs is 1. The molecule has 0 fully saturated rings. The molecule has 0 radical (unpaired) electrons. The van der Waals surface area contributed by atoms with Crippen molar-refractivity contribution in [1.29, 1.82) is 0 Å². The molecule has 0 atom stereocenters. The number of aromatic hydroxyl groups is 1. The van der Waals surface area contributed by atoms with Crippen LogP contribution in [0, 0.1) is 0 Å². The molecular formula is C9H7NO2. The molecule has 0 unspecified atom stereocenters. The molecule has 0 saturated carbocycles. The lowest BCUT2D eigenvalue weighted by molar-refractivity contribution is 0.456. The molecule has 12 heavy (non-hydrogen) atoms. The number of nitrogens with zero attached hydrogens (tertiary/aromatic N) is 1. The van der Waals surface area contributed by atoms with E-state index in [4.69, 9.17) is 9.84 Å². The van der Waals surface area contributed by atoms with Gasteiger partial charge in [0.2, 0.25) is 0 Å². The Morgan fingerprint density at radius 2 is 2.25 bits per heavy atom. The van der Waals surface area contributed by atoms with Gasteiger partial charge in [-0.05, 0) is 18.2 Å². The molecule has 3 heteroatoms. The van der Waals surface area contributed by atoms with Crippen LogP contribution in [0.5, 0.6) is 11.5 Å². The lowest BCUT2D eigenvalue weighted by Crippen LogP contribution is -1.79. The van der Waals surface area contributed by atoms with Crippen molar-refractivity contribution in [3.05, 3.63) is 30.5 Å². The highest BCUT2D eigenvalue weighted by atomic mass is 16.5. The molecule has 0 amide bonds. The minimum Gasteiger partial charge on any atom is -0.508 e. The molecule has 0 saturated heterocycles. The maximum Gasteiger partial charge on any atom is 0.155 e. The zero-order chi connectivity index (χ0) is 8.39. The first-order valence-electron chi connectivity index (χ1n) is 3.55.